The molecule has 0 N–H and O–H groups in total. The molecule has 0 amide bonds. The Bertz CT molecular complexity index is 303. The van der Waals surface area contributed by atoms with E-state index in [0.29, 0.717) is 0 Å². The first kappa shape index (κ1) is 10.8. The lowest BCUT2D eigenvalue weighted by molar-refractivity contribution is 0.253. The highest BCUT2D eigenvalue weighted by molar-refractivity contribution is 9.10. The van der Waals surface area contributed by atoms with Crippen molar-refractivity contribution in [3.05, 3.63) is 23.1 Å². The maximum Gasteiger partial charge on any atom is 0.173 e. The summed E-state index contributed by atoms with van der Waals surface area (Å²) in [5, 5.41) is 0. The molecule has 5 heteroatoms. The predicted molar refractivity (Wildman–Crippen MR) is 45.3 cm³/mol. The SMILES string of the molecule is CC1=C(F)C(F)C(C)(Br)C(F)=C1F. The minimum atomic E-state index is -2.19. The molecule has 0 bridgehead atoms. The van der Waals surface area contributed by atoms with Crippen LogP contribution in [0.25, 0.3) is 0 Å². The average Bonchev–Trinajstić information content (AvgIpc) is 2.09. The van der Waals surface area contributed by atoms with Gasteiger partial charge in [-0.2, -0.15) is 0 Å². The van der Waals surface area contributed by atoms with Crippen LogP contribution in [0.2, 0.25) is 0 Å². The van der Waals surface area contributed by atoms with Gasteiger partial charge in [-0.3, -0.25) is 0 Å². The van der Waals surface area contributed by atoms with Crippen LogP contribution in [0.1, 0.15) is 13.8 Å². The second kappa shape index (κ2) is 3.12. The van der Waals surface area contributed by atoms with E-state index in [1.165, 1.54) is 0 Å². The van der Waals surface area contributed by atoms with Gasteiger partial charge in [-0.05, 0) is 13.8 Å². The van der Waals surface area contributed by atoms with E-state index in [9.17, 15) is 17.6 Å². The third kappa shape index (κ3) is 1.43. The first-order chi connectivity index (χ1) is 5.80. The van der Waals surface area contributed by atoms with Crippen molar-refractivity contribution in [2.45, 2.75) is 24.3 Å². The van der Waals surface area contributed by atoms with Gasteiger partial charge in [0.1, 0.15) is 10.2 Å². The third-order valence-electron chi connectivity index (χ3n) is 2.01. The van der Waals surface area contributed by atoms with Crippen LogP contribution in [0.5, 0.6) is 0 Å². The molecule has 0 aromatic heterocycles. The molecule has 0 aliphatic heterocycles. The summed E-state index contributed by atoms with van der Waals surface area (Å²) in [6.07, 6.45) is -2.19. The number of allylic oxidation sites excluding steroid dienone is 4. The Kier molecular flexibility index (Phi) is 2.58. The largest absolute Gasteiger partial charge is 0.238 e. The molecular weight excluding hydrogens is 252 g/mol. The van der Waals surface area contributed by atoms with Crippen LogP contribution in [-0.4, -0.2) is 10.5 Å². The molecule has 0 saturated heterocycles. The van der Waals surface area contributed by atoms with Crippen LogP contribution in [-0.2, 0) is 0 Å². The van der Waals surface area contributed by atoms with Gasteiger partial charge in [0.2, 0.25) is 0 Å². The molecule has 1 aliphatic carbocycles. The van der Waals surface area contributed by atoms with Crippen LogP contribution in [0, 0.1) is 0 Å². The monoisotopic (exact) mass is 258 g/mol. The molecule has 74 valence electrons. The summed E-state index contributed by atoms with van der Waals surface area (Å²) < 4.78 is 50.0. The molecule has 0 spiro atoms. The van der Waals surface area contributed by atoms with E-state index in [-0.39, 0.29) is 0 Å². The molecule has 0 aromatic rings. The standard InChI is InChI=1S/C8H7BrF4/c1-3-4(10)6(12)8(2,9)7(13)5(3)11/h6H,1-2H3. The molecule has 2 atom stereocenters. The Morgan fingerprint density at radius 3 is 2.23 bits per heavy atom. The van der Waals surface area contributed by atoms with Crippen LogP contribution in [0.3, 0.4) is 0 Å². The maximum atomic E-state index is 13.1. The fraction of sp³-hybridized carbons (Fsp3) is 0.500. The van der Waals surface area contributed by atoms with Gasteiger partial charge in [0.15, 0.2) is 17.8 Å². The molecule has 1 aliphatic rings. The Hall–Kier alpha value is -0.320. The number of hydrogen-bond donors (Lipinski definition) is 0. The van der Waals surface area contributed by atoms with Gasteiger partial charge in [-0.1, -0.05) is 15.9 Å². The van der Waals surface area contributed by atoms with Gasteiger partial charge in [-0.15, -0.1) is 0 Å². The van der Waals surface area contributed by atoms with Crippen LogP contribution < -0.4 is 0 Å². The molecule has 13 heavy (non-hydrogen) atoms. The molecule has 0 saturated carbocycles. The molecular formula is C8H7BrF4. The summed E-state index contributed by atoms with van der Waals surface area (Å²) in [5.74, 6) is -3.90. The van der Waals surface area contributed by atoms with Gasteiger partial charge in [-0.25, -0.2) is 17.6 Å². The van der Waals surface area contributed by atoms with E-state index >= 15 is 0 Å². The van der Waals surface area contributed by atoms with E-state index in [2.05, 4.69) is 15.9 Å². The Morgan fingerprint density at radius 2 is 1.77 bits per heavy atom. The zero-order chi connectivity index (χ0) is 10.4. The smallest absolute Gasteiger partial charge is 0.173 e. The van der Waals surface area contributed by atoms with E-state index in [0.717, 1.165) is 13.8 Å². The Balaban J connectivity index is 3.32. The van der Waals surface area contributed by atoms with Crippen molar-refractivity contribution in [2.24, 2.45) is 0 Å². The molecule has 2 unspecified atom stereocenters. The van der Waals surface area contributed by atoms with Crippen LogP contribution in [0.15, 0.2) is 23.1 Å². The maximum absolute atomic E-state index is 13.1. The molecule has 0 radical (unpaired) electrons. The lowest BCUT2D eigenvalue weighted by atomic mass is 9.94. The van der Waals surface area contributed by atoms with Gasteiger partial charge in [0.05, 0.1) is 0 Å². The highest BCUT2D eigenvalue weighted by Gasteiger charge is 2.46. The Labute approximate surface area is 81.4 Å². The van der Waals surface area contributed by atoms with E-state index in [4.69, 9.17) is 0 Å². The summed E-state index contributed by atoms with van der Waals surface area (Å²) in [5.41, 5.74) is -0.609. The summed E-state index contributed by atoms with van der Waals surface area (Å²) in [7, 11) is 0. The summed E-state index contributed by atoms with van der Waals surface area (Å²) in [6.45, 7) is 2.04. The van der Waals surface area contributed by atoms with Gasteiger partial charge in [0.25, 0.3) is 0 Å². The van der Waals surface area contributed by atoms with Crippen molar-refractivity contribution >= 4 is 15.9 Å². The lowest BCUT2D eigenvalue weighted by Crippen LogP contribution is -2.35. The van der Waals surface area contributed by atoms with Crippen molar-refractivity contribution in [3.63, 3.8) is 0 Å². The molecule has 0 heterocycles. The van der Waals surface area contributed by atoms with E-state index < -0.39 is 33.5 Å². The second-order valence-electron chi connectivity index (χ2n) is 3.04. The number of alkyl halides is 2. The van der Waals surface area contributed by atoms with Crippen molar-refractivity contribution in [3.8, 4) is 0 Å². The van der Waals surface area contributed by atoms with Crippen molar-refractivity contribution in [2.75, 3.05) is 0 Å². The van der Waals surface area contributed by atoms with Crippen molar-refractivity contribution < 1.29 is 17.6 Å². The fourth-order valence-electron chi connectivity index (χ4n) is 1.02. The van der Waals surface area contributed by atoms with Gasteiger partial charge in [0, 0.05) is 5.57 Å². The predicted octanol–water partition coefficient (Wildman–Crippen LogP) is 3.89. The number of halogens is 5. The highest BCUT2D eigenvalue weighted by atomic mass is 79.9. The number of hydrogen-bond acceptors (Lipinski definition) is 0. The van der Waals surface area contributed by atoms with Crippen LogP contribution in [0.4, 0.5) is 17.6 Å². The lowest BCUT2D eigenvalue weighted by Gasteiger charge is -2.28. The van der Waals surface area contributed by atoms with Gasteiger partial charge >= 0.3 is 0 Å². The topological polar surface area (TPSA) is 0 Å². The molecule has 0 fully saturated rings. The summed E-state index contributed by atoms with van der Waals surface area (Å²) in [4.78, 5) is 0. The van der Waals surface area contributed by atoms with Crippen molar-refractivity contribution in [1.82, 2.24) is 0 Å². The summed E-state index contributed by atoms with van der Waals surface area (Å²) in [6, 6.07) is 0. The molecule has 1 rings (SSSR count). The average molecular weight is 259 g/mol. The fourth-order valence-corrected chi connectivity index (χ4v) is 1.40. The Morgan fingerprint density at radius 1 is 1.31 bits per heavy atom. The summed E-state index contributed by atoms with van der Waals surface area (Å²) >= 11 is 2.61. The van der Waals surface area contributed by atoms with E-state index in [1.807, 2.05) is 0 Å². The van der Waals surface area contributed by atoms with Crippen molar-refractivity contribution in [1.29, 1.82) is 0 Å². The third-order valence-corrected chi connectivity index (χ3v) is 2.76. The molecule has 0 aromatic carbocycles. The minimum absolute atomic E-state index is 0.609. The number of rotatable bonds is 0. The van der Waals surface area contributed by atoms with Crippen LogP contribution >= 0.6 is 15.9 Å². The van der Waals surface area contributed by atoms with Gasteiger partial charge < -0.3 is 0 Å². The zero-order valence-corrected chi connectivity index (χ0v) is 8.55. The van der Waals surface area contributed by atoms with E-state index in [1.54, 1.807) is 0 Å². The highest BCUT2D eigenvalue weighted by Crippen LogP contribution is 2.45. The second-order valence-corrected chi connectivity index (χ2v) is 4.69. The molecule has 0 nitrogen and oxygen atoms in total. The zero-order valence-electron chi connectivity index (χ0n) is 6.97. The first-order valence-corrected chi connectivity index (χ1v) is 4.34. The minimum Gasteiger partial charge on any atom is -0.238 e. The quantitative estimate of drug-likeness (QED) is 0.457. The normalized spacial score (nSPS) is 35.8. The first-order valence-electron chi connectivity index (χ1n) is 3.55.